The lowest BCUT2D eigenvalue weighted by molar-refractivity contribution is 0.518. The summed E-state index contributed by atoms with van der Waals surface area (Å²) in [6.45, 7) is 0. The van der Waals surface area contributed by atoms with Gasteiger partial charge in [-0.15, -0.1) is 0 Å². The normalized spacial score (nSPS) is 24.1. The molecule has 1 aromatic rings. The molecule has 2 unspecified atom stereocenters. The highest BCUT2D eigenvalue weighted by Gasteiger charge is 2.34. The quantitative estimate of drug-likeness (QED) is 0.782. The highest BCUT2D eigenvalue weighted by atomic mass is 79.9. The van der Waals surface area contributed by atoms with Crippen LogP contribution in [0.3, 0.4) is 0 Å². The van der Waals surface area contributed by atoms with Gasteiger partial charge in [0, 0.05) is 10.4 Å². The molecule has 0 spiro atoms. The van der Waals surface area contributed by atoms with E-state index in [1.54, 1.807) is 0 Å². The summed E-state index contributed by atoms with van der Waals surface area (Å²) in [6.07, 6.45) is 2.11. The number of hydrogen-bond donors (Lipinski definition) is 0. The predicted molar refractivity (Wildman–Crippen MR) is 74.2 cm³/mol. The van der Waals surface area contributed by atoms with Crippen LogP contribution in [-0.2, 0) is 16.3 Å². The van der Waals surface area contributed by atoms with Crippen LogP contribution in [0.15, 0.2) is 18.2 Å². The van der Waals surface area contributed by atoms with E-state index in [0.717, 1.165) is 6.42 Å². The number of rotatable bonds is 3. The Morgan fingerprint density at radius 1 is 1.26 bits per heavy atom. The SMILES string of the molecule is O=S1(=O)CCCCC1C(Br)Cc1c(F)cccc1F. The van der Waals surface area contributed by atoms with Gasteiger partial charge in [0.1, 0.15) is 11.6 Å². The molecule has 2 atom stereocenters. The van der Waals surface area contributed by atoms with Crippen LogP contribution in [-0.4, -0.2) is 24.2 Å². The summed E-state index contributed by atoms with van der Waals surface area (Å²) in [4.78, 5) is -0.454. The van der Waals surface area contributed by atoms with E-state index in [4.69, 9.17) is 0 Å². The average molecular weight is 353 g/mol. The topological polar surface area (TPSA) is 34.1 Å². The number of halogens is 3. The molecule has 0 saturated carbocycles. The Labute approximate surface area is 120 Å². The monoisotopic (exact) mass is 352 g/mol. The minimum absolute atomic E-state index is 0.0441. The first kappa shape index (κ1) is 14.9. The lowest BCUT2D eigenvalue weighted by Gasteiger charge is -2.26. The molecule has 2 nitrogen and oxygen atoms in total. The molecule has 1 aliphatic rings. The van der Waals surface area contributed by atoms with Crippen molar-refractivity contribution in [2.24, 2.45) is 0 Å². The lowest BCUT2D eigenvalue weighted by Crippen LogP contribution is -2.36. The smallest absolute Gasteiger partial charge is 0.154 e. The molecule has 2 rings (SSSR count). The molecule has 0 bridgehead atoms. The van der Waals surface area contributed by atoms with Crippen LogP contribution in [0.2, 0.25) is 0 Å². The Balaban J connectivity index is 2.19. The number of hydrogen-bond acceptors (Lipinski definition) is 2. The number of alkyl halides is 1. The third-order valence-corrected chi connectivity index (χ3v) is 7.15. The number of sulfone groups is 1. The molecule has 1 fully saturated rings. The molecule has 19 heavy (non-hydrogen) atoms. The Hall–Kier alpha value is -0.490. The van der Waals surface area contributed by atoms with E-state index in [1.165, 1.54) is 18.2 Å². The summed E-state index contributed by atoms with van der Waals surface area (Å²) in [6, 6.07) is 3.68. The van der Waals surface area contributed by atoms with Gasteiger partial charge in [-0.1, -0.05) is 28.4 Å². The van der Waals surface area contributed by atoms with Gasteiger partial charge in [0.05, 0.1) is 11.0 Å². The fourth-order valence-corrected chi connectivity index (χ4v) is 6.00. The van der Waals surface area contributed by atoms with Crippen LogP contribution in [0, 0.1) is 11.6 Å². The van der Waals surface area contributed by atoms with Crippen molar-refractivity contribution in [3.63, 3.8) is 0 Å². The Kier molecular flexibility index (Phi) is 4.61. The predicted octanol–water partition coefficient (Wildman–Crippen LogP) is 3.24. The molecular weight excluding hydrogens is 338 g/mol. The fourth-order valence-electron chi connectivity index (χ4n) is 2.44. The van der Waals surface area contributed by atoms with Crippen molar-refractivity contribution < 1.29 is 17.2 Å². The summed E-state index contributed by atoms with van der Waals surface area (Å²) in [5.74, 6) is -1.09. The average Bonchev–Trinajstić information content (AvgIpc) is 2.33. The Morgan fingerprint density at radius 2 is 1.89 bits per heavy atom. The third-order valence-electron chi connectivity index (χ3n) is 3.49. The summed E-state index contributed by atoms with van der Waals surface area (Å²) in [7, 11) is -3.16. The van der Waals surface area contributed by atoms with Crippen molar-refractivity contribution in [3.05, 3.63) is 35.4 Å². The highest BCUT2D eigenvalue weighted by Crippen LogP contribution is 2.29. The number of benzene rings is 1. The first-order chi connectivity index (χ1) is 8.92. The van der Waals surface area contributed by atoms with Crippen molar-refractivity contribution in [1.29, 1.82) is 0 Å². The third kappa shape index (κ3) is 3.34. The van der Waals surface area contributed by atoms with Gasteiger partial charge in [0.2, 0.25) is 0 Å². The highest BCUT2D eigenvalue weighted by molar-refractivity contribution is 9.09. The molecule has 0 amide bonds. The van der Waals surface area contributed by atoms with E-state index in [-0.39, 0.29) is 17.7 Å². The van der Waals surface area contributed by atoms with Crippen LogP contribution >= 0.6 is 15.9 Å². The van der Waals surface area contributed by atoms with Crippen molar-refractivity contribution in [2.45, 2.75) is 35.8 Å². The zero-order valence-corrected chi connectivity index (χ0v) is 12.7. The zero-order chi connectivity index (χ0) is 14.0. The van der Waals surface area contributed by atoms with Gasteiger partial charge >= 0.3 is 0 Å². The van der Waals surface area contributed by atoms with Crippen LogP contribution in [0.4, 0.5) is 8.78 Å². The van der Waals surface area contributed by atoms with E-state index in [9.17, 15) is 17.2 Å². The Bertz CT molecular complexity index is 540. The first-order valence-corrected chi connectivity index (χ1v) is 8.83. The molecule has 1 heterocycles. The van der Waals surface area contributed by atoms with E-state index < -0.39 is 31.5 Å². The lowest BCUT2D eigenvalue weighted by atomic mass is 10.0. The second-order valence-corrected chi connectivity index (χ2v) is 8.34. The van der Waals surface area contributed by atoms with E-state index >= 15 is 0 Å². The standard InChI is InChI=1S/C13H15BrF2O2S/c14-10(13-6-1-2-7-19(13,17)18)8-9-11(15)4-3-5-12(9)16/h3-5,10,13H,1-2,6-8H2. The second kappa shape index (κ2) is 5.87. The minimum Gasteiger partial charge on any atom is -0.229 e. The van der Waals surface area contributed by atoms with Crippen molar-refractivity contribution in [3.8, 4) is 0 Å². The summed E-state index contributed by atoms with van der Waals surface area (Å²) >= 11 is 3.31. The first-order valence-electron chi connectivity index (χ1n) is 6.20. The molecule has 0 aromatic heterocycles. The molecule has 1 saturated heterocycles. The van der Waals surface area contributed by atoms with Crippen LogP contribution in [0.5, 0.6) is 0 Å². The maximum atomic E-state index is 13.6. The molecule has 1 aliphatic heterocycles. The van der Waals surface area contributed by atoms with Gasteiger partial charge < -0.3 is 0 Å². The summed E-state index contributed by atoms with van der Waals surface area (Å²) in [5.41, 5.74) is -0.0508. The van der Waals surface area contributed by atoms with Crippen molar-refractivity contribution in [2.75, 3.05) is 5.75 Å². The molecule has 6 heteroatoms. The van der Waals surface area contributed by atoms with Gasteiger partial charge in [-0.2, -0.15) is 0 Å². The maximum Gasteiger partial charge on any atom is 0.154 e. The molecule has 0 aliphatic carbocycles. The van der Waals surface area contributed by atoms with E-state index in [0.29, 0.717) is 12.8 Å². The molecule has 106 valence electrons. The zero-order valence-electron chi connectivity index (χ0n) is 10.3. The van der Waals surface area contributed by atoms with Crippen LogP contribution in [0.25, 0.3) is 0 Å². The van der Waals surface area contributed by atoms with E-state index in [2.05, 4.69) is 15.9 Å². The van der Waals surface area contributed by atoms with Gasteiger partial charge in [-0.05, 0) is 31.4 Å². The van der Waals surface area contributed by atoms with Crippen molar-refractivity contribution >= 4 is 25.8 Å². The van der Waals surface area contributed by atoms with Crippen molar-refractivity contribution in [1.82, 2.24) is 0 Å². The van der Waals surface area contributed by atoms with Gasteiger partial charge in [0.25, 0.3) is 0 Å². The second-order valence-electron chi connectivity index (χ2n) is 4.82. The van der Waals surface area contributed by atoms with Gasteiger partial charge in [-0.3, -0.25) is 0 Å². The summed E-state index contributed by atoms with van der Waals surface area (Å²) in [5, 5.41) is -0.555. The van der Waals surface area contributed by atoms with Crippen LogP contribution in [0.1, 0.15) is 24.8 Å². The van der Waals surface area contributed by atoms with Gasteiger partial charge in [-0.25, -0.2) is 17.2 Å². The molecular formula is C13H15BrF2O2S. The minimum atomic E-state index is -3.16. The molecule has 1 aromatic carbocycles. The molecule has 0 radical (unpaired) electrons. The fraction of sp³-hybridized carbons (Fsp3) is 0.538. The summed E-state index contributed by atoms with van der Waals surface area (Å²) < 4.78 is 51.1. The van der Waals surface area contributed by atoms with Gasteiger partial charge in [0.15, 0.2) is 9.84 Å². The molecule has 0 N–H and O–H groups in total. The van der Waals surface area contributed by atoms with E-state index in [1.807, 2.05) is 0 Å². The Morgan fingerprint density at radius 3 is 2.47 bits per heavy atom. The van der Waals surface area contributed by atoms with Crippen LogP contribution < -0.4 is 0 Å². The maximum absolute atomic E-state index is 13.6. The largest absolute Gasteiger partial charge is 0.229 e.